The predicted octanol–water partition coefficient (Wildman–Crippen LogP) is 0.744. The third kappa shape index (κ3) is 7.56. The largest absolute Gasteiger partial charge is 0.215 e. The quantitative estimate of drug-likeness (QED) is 0.652. The summed E-state index contributed by atoms with van der Waals surface area (Å²) < 4.78 is 51.0. The van der Waals surface area contributed by atoms with Crippen LogP contribution in [0.1, 0.15) is 24.5 Å². The highest BCUT2D eigenvalue weighted by Crippen LogP contribution is 2.07. The second-order valence-corrected chi connectivity index (χ2v) is 8.70. The van der Waals surface area contributed by atoms with E-state index in [4.69, 9.17) is 0 Å². The van der Waals surface area contributed by atoms with Crippen LogP contribution in [-0.2, 0) is 25.8 Å². The molecule has 1 aromatic carbocycles. The van der Waals surface area contributed by atoms with Crippen molar-refractivity contribution >= 4 is 20.0 Å². The molecule has 0 saturated heterocycles. The van der Waals surface area contributed by atoms with Gasteiger partial charge in [0.2, 0.25) is 20.0 Å². The number of benzene rings is 1. The average molecular weight is 334 g/mol. The van der Waals surface area contributed by atoms with E-state index in [1.807, 2.05) is 25.1 Å². The molecule has 21 heavy (non-hydrogen) atoms. The minimum absolute atomic E-state index is 0.0199. The molecule has 6 nitrogen and oxygen atoms in total. The minimum atomic E-state index is -3.40. The molecule has 0 unspecified atom stereocenters. The summed E-state index contributed by atoms with van der Waals surface area (Å²) in [6.45, 7) is 3.89. The zero-order chi connectivity index (χ0) is 15.9. The Balaban J connectivity index is 2.37. The van der Waals surface area contributed by atoms with Crippen molar-refractivity contribution in [2.75, 3.05) is 18.8 Å². The van der Waals surface area contributed by atoms with E-state index in [9.17, 15) is 16.8 Å². The van der Waals surface area contributed by atoms with Gasteiger partial charge >= 0.3 is 0 Å². The van der Waals surface area contributed by atoms with Crippen LogP contribution in [-0.4, -0.2) is 35.7 Å². The molecule has 0 radical (unpaired) electrons. The summed E-state index contributed by atoms with van der Waals surface area (Å²) in [6.07, 6.45) is 0.409. The van der Waals surface area contributed by atoms with Crippen LogP contribution in [0.15, 0.2) is 24.3 Å². The van der Waals surface area contributed by atoms with E-state index in [0.29, 0.717) is 6.42 Å². The van der Waals surface area contributed by atoms with Gasteiger partial charge < -0.3 is 0 Å². The Morgan fingerprint density at radius 1 is 1.00 bits per heavy atom. The maximum absolute atomic E-state index is 11.9. The van der Waals surface area contributed by atoms with Crippen LogP contribution in [0.4, 0.5) is 0 Å². The molecule has 0 heterocycles. The van der Waals surface area contributed by atoms with Gasteiger partial charge in [-0.25, -0.2) is 26.3 Å². The van der Waals surface area contributed by atoms with Crippen molar-refractivity contribution in [1.82, 2.24) is 9.44 Å². The molecule has 1 aromatic rings. The number of sulfonamides is 2. The van der Waals surface area contributed by atoms with E-state index in [2.05, 4.69) is 9.44 Å². The van der Waals surface area contributed by atoms with Crippen LogP contribution < -0.4 is 9.44 Å². The van der Waals surface area contributed by atoms with E-state index in [-0.39, 0.29) is 24.6 Å². The van der Waals surface area contributed by atoms with Gasteiger partial charge in [-0.2, -0.15) is 0 Å². The molecule has 0 atom stereocenters. The number of hydrogen-bond donors (Lipinski definition) is 2. The number of hydrogen-bond acceptors (Lipinski definition) is 4. The van der Waals surface area contributed by atoms with Crippen LogP contribution in [0, 0.1) is 6.92 Å². The molecule has 0 spiro atoms. The zero-order valence-electron chi connectivity index (χ0n) is 12.3. The van der Waals surface area contributed by atoms with Gasteiger partial charge in [0.25, 0.3) is 0 Å². The Morgan fingerprint density at radius 2 is 1.62 bits per heavy atom. The summed E-state index contributed by atoms with van der Waals surface area (Å²) in [5.41, 5.74) is 1.74. The van der Waals surface area contributed by atoms with E-state index < -0.39 is 20.0 Å². The van der Waals surface area contributed by atoms with Crippen molar-refractivity contribution in [1.29, 1.82) is 0 Å². The van der Waals surface area contributed by atoms with Gasteiger partial charge in [-0.1, -0.05) is 29.8 Å². The van der Waals surface area contributed by atoms with Crippen molar-refractivity contribution < 1.29 is 16.8 Å². The molecule has 0 aliphatic rings. The van der Waals surface area contributed by atoms with E-state index in [0.717, 1.165) is 11.1 Å². The SMILES string of the molecule is CCS(=O)(=O)NCCCNS(=O)(=O)Cc1cccc(C)c1. The fourth-order valence-electron chi connectivity index (χ4n) is 1.72. The molecule has 1 rings (SSSR count). The predicted molar refractivity (Wildman–Crippen MR) is 83.9 cm³/mol. The molecular weight excluding hydrogens is 312 g/mol. The van der Waals surface area contributed by atoms with Crippen LogP contribution in [0.3, 0.4) is 0 Å². The maximum Gasteiger partial charge on any atom is 0.215 e. The molecule has 0 amide bonds. The summed E-state index contributed by atoms with van der Waals surface area (Å²) in [6, 6.07) is 7.32. The molecule has 0 bridgehead atoms. The number of nitrogens with one attached hydrogen (secondary N) is 2. The van der Waals surface area contributed by atoms with Crippen LogP contribution in [0.5, 0.6) is 0 Å². The first-order valence-electron chi connectivity index (χ1n) is 6.74. The average Bonchev–Trinajstić information content (AvgIpc) is 2.37. The lowest BCUT2D eigenvalue weighted by atomic mass is 10.2. The summed E-state index contributed by atoms with van der Waals surface area (Å²) in [4.78, 5) is 0. The van der Waals surface area contributed by atoms with Crippen LogP contribution >= 0.6 is 0 Å². The molecule has 0 aromatic heterocycles. The number of rotatable bonds is 9. The van der Waals surface area contributed by atoms with E-state index in [1.165, 1.54) is 0 Å². The lowest BCUT2D eigenvalue weighted by Crippen LogP contribution is -2.31. The molecule has 0 fully saturated rings. The molecular formula is C13H22N2O4S2. The second kappa shape index (κ2) is 7.88. The monoisotopic (exact) mass is 334 g/mol. The first-order valence-corrected chi connectivity index (χ1v) is 10.0. The first kappa shape index (κ1) is 18.1. The Hall–Kier alpha value is -0.960. The van der Waals surface area contributed by atoms with Gasteiger partial charge in [-0.05, 0) is 25.8 Å². The molecule has 8 heteroatoms. The van der Waals surface area contributed by atoms with Crippen LogP contribution in [0.25, 0.3) is 0 Å². The highest BCUT2D eigenvalue weighted by Gasteiger charge is 2.11. The Bertz CT molecular complexity index is 655. The lowest BCUT2D eigenvalue weighted by Gasteiger charge is -2.08. The van der Waals surface area contributed by atoms with Gasteiger partial charge in [0.05, 0.1) is 11.5 Å². The molecule has 120 valence electrons. The van der Waals surface area contributed by atoms with Crippen molar-refractivity contribution in [2.24, 2.45) is 0 Å². The normalized spacial score (nSPS) is 12.5. The summed E-state index contributed by atoms with van der Waals surface area (Å²) in [7, 11) is -6.62. The van der Waals surface area contributed by atoms with Crippen molar-refractivity contribution in [3.05, 3.63) is 35.4 Å². The number of aryl methyl sites for hydroxylation is 1. The fraction of sp³-hybridized carbons (Fsp3) is 0.538. The summed E-state index contributed by atoms with van der Waals surface area (Å²) >= 11 is 0. The smallest absolute Gasteiger partial charge is 0.215 e. The Morgan fingerprint density at radius 3 is 2.19 bits per heavy atom. The summed E-state index contributed by atoms with van der Waals surface area (Å²) in [5.74, 6) is -0.0541. The molecule has 0 aliphatic heterocycles. The summed E-state index contributed by atoms with van der Waals surface area (Å²) in [5, 5.41) is 0. The standard InChI is InChI=1S/C13H22N2O4S2/c1-3-20(16,17)14-8-5-9-15-21(18,19)11-13-7-4-6-12(2)10-13/h4,6-7,10,14-15H,3,5,8-9,11H2,1-2H3. The van der Waals surface area contributed by atoms with Gasteiger partial charge in [0.1, 0.15) is 0 Å². The highest BCUT2D eigenvalue weighted by molar-refractivity contribution is 7.89. The lowest BCUT2D eigenvalue weighted by molar-refractivity contribution is 0.572. The maximum atomic E-state index is 11.9. The van der Waals surface area contributed by atoms with Crippen molar-refractivity contribution in [3.63, 3.8) is 0 Å². The Labute approximate surface area is 127 Å². The molecule has 0 saturated carbocycles. The Kier molecular flexibility index (Phi) is 6.79. The van der Waals surface area contributed by atoms with Gasteiger partial charge in [0, 0.05) is 13.1 Å². The molecule has 0 aliphatic carbocycles. The highest BCUT2D eigenvalue weighted by atomic mass is 32.2. The third-order valence-electron chi connectivity index (χ3n) is 2.82. The first-order chi connectivity index (χ1) is 9.74. The molecule has 2 N–H and O–H groups in total. The van der Waals surface area contributed by atoms with Gasteiger partial charge in [-0.15, -0.1) is 0 Å². The van der Waals surface area contributed by atoms with E-state index in [1.54, 1.807) is 13.0 Å². The second-order valence-electron chi connectivity index (χ2n) is 4.79. The topological polar surface area (TPSA) is 92.3 Å². The third-order valence-corrected chi connectivity index (χ3v) is 5.58. The van der Waals surface area contributed by atoms with Gasteiger partial charge in [-0.3, -0.25) is 0 Å². The van der Waals surface area contributed by atoms with Crippen LogP contribution in [0.2, 0.25) is 0 Å². The fourth-order valence-corrected chi connectivity index (χ4v) is 3.55. The van der Waals surface area contributed by atoms with E-state index >= 15 is 0 Å². The van der Waals surface area contributed by atoms with Gasteiger partial charge in [0.15, 0.2) is 0 Å². The zero-order valence-corrected chi connectivity index (χ0v) is 13.9. The minimum Gasteiger partial charge on any atom is -0.215 e. The van der Waals surface area contributed by atoms with Crippen molar-refractivity contribution in [3.8, 4) is 0 Å². The van der Waals surface area contributed by atoms with Crippen molar-refractivity contribution in [2.45, 2.75) is 26.0 Å².